The van der Waals surface area contributed by atoms with Crippen molar-refractivity contribution in [2.24, 2.45) is 5.41 Å². The van der Waals surface area contributed by atoms with Gasteiger partial charge in [-0.2, -0.15) is 0 Å². The molecular formula is C17H21ClN2O3. The summed E-state index contributed by atoms with van der Waals surface area (Å²) in [4.78, 5) is 16.3. The minimum atomic E-state index is -1.08. The van der Waals surface area contributed by atoms with Gasteiger partial charge in [0.25, 0.3) is 0 Å². The number of carbonyl (C=O) groups is 1. The molecule has 23 heavy (non-hydrogen) atoms. The fraction of sp³-hybridized carbons (Fsp3) is 0.412. The Morgan fingerprint density at radius 3 is 2.57 bits per heavy atom. The normalized spacial score (nSPS) is 14.3. The molecule has 0 radical (unpaired) electrons. The number of ether oxygens (including phenoxy) is 1. The van der Waals surface area contributed by atoms with Crippen LogP contribution in [0.25, 0.3) is 0 Å². The summed E-state index contributed by atoms with van der Waals surface area (Å²) in [6.45, 7) is 5.36. The standard InChI is InChI=1S/C17H21ClN2O3/c1-4-23-16(22)17(2,3)15(21)14(20-10-9-19-11-20)12-5-7-13(18)8-6-12/h5-11,14-15,21H,4H2,1-3H3. The smallest absolute Gasteiger partial charge is 0.314 e. The van der Waals surface area contributed by atoms with E-state index >= 15 is 0 Å². The van der Waals surface area contributed by atoms with Gasteiger partial charge in [-0.05, 0) is 38.5 Å². The number of imidazole rings is 1. The van der Waals surface area contributed by atoms with E-state index in [1.54, 1.807) is 56.2 Å². The quantitative estimate of drug-likeness (QED) is 0.823. The van der Waals surface area contributed by atoms with Crippen LogP contribution in [-0.4, -0.2) is 33.3 Å². The molecule has 6 heteroatoms. The van der Waals surface area contributed by atoms with Gasteiger partial charge in [-0.3, -0.25) is 4.79 Å². The van der Waals surface area contributed by atoms with Crippen molar-refractivity contribution >= 4 is 17.6 Å². The number of hydrogen-bond donors (Lipinski definition) is 1. The molecule has 0 saturated carbocycles. The summed E-state index contributed by atoms with van der Waals surface area (Å²) >= 11 is 5.95. The largest absolute Gasteiger partial charge is 0.466 e. The van der Waals surface area contributed by atoms with Crippen LogP contribution < -0.4 is 0 Å². The molecule has 1 aromatic carbocycles. The number of aromatic nitrogens is 2. The average Bonchev–Trinajstić information content (AvgIpc) is 3.03. The van der Waals surface area contributed by atoms with Gasteiger partial charge in [0.05, 0.1) is 30.5 Å². The number of hydrogen-bond acceptors (Lipinski definition) is 4. The summed E-state index contributed by atoms with van der Waals surface area (Å²) in [5.74, 6) is -0.438. The minimum absolute atomic E-state index is 0.270. The third kappa shape index (κ3) is 3.74. The molecule has 0 aliphatic rings. The molecule has 2 atom stereocenters. The molecule has 1 aromatic heterocycles. The maximum absolute atomic E-state index is 12.2. The van der Waals surface area contributed by atoms with Gasteiger partial charge >= 0.3 is 5.97 Å². The van der Waals surface area contributed by atoms with Gasteiger partial charge in [-0.25, -0.2) is 4.98 Å². The Kier molecular flexibility index (Phi) is 5.44. The summed E-state index contributed by atoms with van der Waals surface area (Å²) in [6.07, 6.45) is 4.00. The Morgan fingerprint density at radius 2 is 2.04 bits per heavy atom. The van der Waals surface area contributed by atoms with Gasteiger partial charge in [0.15, 0.2) is 0 Å². The number of aliphatic hydroxyl groups excluding tert-OH is 1. The lowest BCUT2D eigenvalue weighted by molar-refractivity contribution is -0.161. The van der Waals surface area contributed by atoms with E-state index in [9.17, 15) is 9.90 Å². The molecule has 0 aliphatic carbocycles. The van der Waals surface area contributed by atoms with Crippen LogP contribution in [0, 0.1) is 5.41 Å². The van der Waals surface area contributed by atoms with E-state index in [0.717, 1.165) is 5.56 Å². The minimum Gasteiger partial charge on any atom is -0.466 e. The van der Waals surface area contributed by atoms with Gasteiger partial charge in [0.1, 0.15) is 0 Å². The zero-order chi connectivity index (χ0) is 17.0. The molecule has 2 rings (SSSR count). The molecule has 1 N–H and O–H groups in total. The number of benzene rings is 1. The second kappa shape index (κ2) is 7.15. The van der Waals surface area contributed by atoms with E-state index in [2.05, 4.69) is 4.98 Å². The van der Waals surface area contributed by atoms with Crippen molar-refractivity contribution in [2.45, 2.75) is 32.9 Å². The first-order chi connectivity index (χ1) is 10.9. The SMILES string of the molecule is CCOC(=O)C(C)(C)C(O)C(c1ccc(Cl)cc1)n1ccnc1. The van der Waals surface area contributed by atoms with E-state index in [4.69, 9.17) is 16.3 Å². The highest BCUT2D eigenvalue weighted by Gasteiger charge is 2.42. The van der Waals surface area contributed by atoms with Crippen LogP contribution in [0.4, 0.5) is 0 Å². The number of nitrogens with zero attached hydrogens (tertiary/aromatic N) is 2. The van der Waals surface area contributed by atoms with Gasteiger partial charge < -0.3 is 14.4 Å². The number of halogens is 1. The van der Waals surface area contributed by atoms with Crippen molar-refractivity contribution in [1.29, 1.82) is 0 Å². The highest BCUT2D eigenvalue weighted by Crippen LogP contribution is 2.35. The summed E-state index contributed by atoms with van der Waals surface area (Å²) in [7, 11) is 0. The molecule has 0 aliphatic heterocycles. The summed E-state index contributed by atoms with van der Waals surface area (Å²) < 4.78 is 6.88. The van der Waals surface area contributed by atoms with Crippen molar-refractivity contribution in [1.82, 2.24) is 9.55 Å². The molecule has 5 nitrogen and oxygen atoms in total. The summed E-state index contributed by atoms with van der Waals surface area (Å²) in [5, 5.41) is 11.6. The van der Waals surface area contributed by atoms with Gasteiger partial charge in [-0.15, -0.1) is 0 Å². The fourth-order valence-electron chi connectivity index (χ4n) is 2.44. The van der Waals surface area contributed by atoms with E-state index < -0.39 is 23.5 Å². The molecular weight excluding hydrogens is 316 g/mol. The van der Waals surface area contributed by atoms with Crippen molar-refractivity contribution in [3.8, 4) is 0 Å². The first-order valence-corrected chi connectivity index (χ1v) is 7.84. The monoisotopic (exact) mass is 336 g/mol. The van der Waals surface area contributed by atoms with Crippen molar-refractivity contribution < 1.29 is 14.6 Å². The summed E-state index contributed by atoms with van der Waals surface area (Å²) in [6, 6.07) is 6.69. The molecule has 0 bridgehead atoms. The third-order valence-corrected chi connectivity index (χ3v) is 4.15. The van der Waals surface area contributed by atoms with Crippen LogP contribution in [-0.2, 0) is 9.53 Å². The predicted molar refractivity (Wildman–Crippen MR) is 88.2 cm³/mol. The lowest BCUT2D eigenvalue weighted by Crippen LogP contribution is -2.44. The van der Waals surface area contributed by atoms with Gasteiger partial charge in [-0.1, -0.05) is 23.7 Å². The molecule has 0 fully saturated rings. The first-order valence-electron chi connectivity index (χ1n) is 7.46. The van der Waals surface area contributed by atoms with Crippen LogP contribution in [0.2, 0.25) is 5.02 Å². The maximum Gasteiger partial charge on any atom is 0.314 e. The second-order valence-electron chi connectivity index (χ2n) is 5.89. The molecule has 0 amide bonds. The molecule has 2 unspecified atom stereocenters. The Balaban J connectivity index is 2.41. The number of rotatable bonds is 6. The van der Waals surface area contributed by atoms with Crippen molar-refractivity contribution in [3.05, 3.63) is 53.6 Å². The van der Waals surface area contributed by atoms with Gasteiger partial charge in [0.2, 0.25) is 0 Å². The zero-order valence-corrected chi connectivity index (χ0v) is 14.2. The fourth-order valence-corrected chi connectivity index (χ4v) is 2.57. The van der Waals surface area contributed by atoms with E-state index in [-0.39, 0.29) is 6.61 Å². The predicted octanol–water partition coefficient (Wildman–Crippen LogP) is 3.08. The Hall–Kier alpha value is -1.85. The van der Waals surface area contributed by atoms with Crippen LogP contribution in [0.3, 0.4) is 0 Å². The Bertz CT molecular complexity index is 638. The Labute approximate surface area is 140 Å². The molecule has 1 heterocycles. The zero-order valence-electron chi connectivity index (χ0n) is 13.4. The van der Waals surface area contributed by atoms with Crippen LogP contribution in [0.5, 0.6) is 0 Å². The second-order valence-corrected chi connectivity index (χ2v) is 6.33. The molecule has 0 spiro atoms. The topological polar surface area (TPSA) is 64.3 Å². The van der Waals surface area contributed by atoms with Gasteiger partial charge in [0, 0.05) is 17.4 Å². The van der Waals surface area contributed by atoms with E-state index in [0.29, 0.717) is 5.02 Å². The third-order valence-electron chi connectivity index (χ3n) is 3.90. The number of esters is 1. The van der Waals surface area contributed by atoms with Crippen molar-refractivity contribution in [3.63, 3.8) is 0 Å². The lowest BCUT2D eigenvalue weighted by atomic mass is 9.80. The average molecular weight is 337 g/mol. The molecule has 124 valence electrons. The van der Waals surface area contributed by atoms with E-state index in [1.165, 1.54) is 0 Å². The first kappa shape index (κ1) is 17.5. The lowest BCUT2D eigenvalue weighted by Gasteiger charge is -2.34. The number of carbonyl (C=O) groups excluding carboxylic acids is 1. The molecule has 2 aromatic rings. The van der Waals surface area contributed by atoms with Crippen LogP contribution in [0.15, 0.2) is 43.0 Å². The highest BCUT2D eigenvalue weighted by molar-refractivity contribution is 6.30. The summed E-state index contributed by atoms with van der Waals surface area (Å²) in [5.41, 5.74) is -0.248. The highest BCUT2D eigenvalue weighted by atomic mass is 35.5. The van der Waals surface area contributed by atoms with Crippen LogP contribution >= 0.6 is 11.6 Å². The van der Waals surface area contributed by atoms with Crippen LogP contribution in [0.1, 0.15) is 32.4 Å². The van der Waals surface area contributed by atoms with Crippen molar-refractivity contribution in [2.75, 3.05) is 6.61 Å². The van der Waals surface area contributed by atoms with E-state index in [1.807, 2.05) is 12.1 Å². The maximum atomic E-state index is 12.2. The molecule has 0 saturated heterocycles. The number of aliphatic hydroxyl groups is 1. The Morgan fingerprint density at radius 1 is 1.39 bits per heavy atom.